The quantitative estimate of drug-likeness (QED) is 0.786. The second-order valence-electron chi connectivity index (χ2n) is 5.07. The molecule has 4 heteroatoms. The van der Waals surface area contributed by atoms with E-state index in [1.807, 2.05) is 6.92 Å². The van der Waals surface area contributed by atoms with Crippen molar-refractivity contribution < 1.29 is 9.90 Å². The smallest absolute Gasteiger partial charge is 0.307 e. The lowest BCUT2D eigenvalue weighted by Gasteiger charge is -2.35. The summed E-state index contributed by atoms with van der Waals surface area (Å²) in [6, 6.07) is 0.545. The number of hydrogen-bond donors (Lipinski definition) is 1. The summed E-state index contributed by atoms with van der Waals surface area (Å²) in [6.45, 7) is 9.15. The SMILES string of the molecule is CC(C(=O)O)C(C)N1CCCN(C)CC1C. The molecule has 0 amide bonds. The molecular formula is C12H24N2O2. The van der Waals surface area contributed by atoms with Crippen LogP contribution in [0.25, 0.3) is 0 Å². The van der Waals surface area contributed by atoms with Gasteiger partial charge < -0.3 is 10.0 Å². The molecule has 0 radical (unpaired) electrons. The van der Waals surface area contributed by atoms with Crippen molar-refractivity contribution in [3.8, 4) is 0 Å². The van der Waals surface area contributed by atoms with E-state index in [4.69, 9.17) is 5.11 Å². The molecule has 1 aliphatic heterocycles. The highest BCUT2D eigenvalue weighted by Gasteiger charge is 2.29. The van der Waals surface area contributed by atoms with Gasteiger partial charge in [0.25, 0.3) is 0 Å². The second kappa shape index (κ2) is 5.64. The summed E-state index contributed by atoms with van der Waals surface area (Å²) in [5, 5.41) is 9.05. The first kappa shape index (κ1) is 13.5. The molecule has 1 fully saturated rings. The highest BCUT2D eigenvalue weighted by Crippen LogP contribution is 2.18. The standard InChI is InChI=1S/C12H24N2O2/c1-9-8-13(4)6-5-7-14(9)11(3)10(2)12(15)16/h9-11H,5-8H2,1-4H3,(H,15,16). The van der Waals surface area contributed by atoms with E-state index in [1.54, 1.807) is 6.92 Å². The molecule has 94 valence electrons. The first-order valence-corrected chi connectivity index (χ1v) is 6.10. The van der Waals surface area contributed by atoms with Gasteiger partial charge in [0.15, 0.2) is 0 Å². The Hall–Kier alpha value is -0.610. The summed E-state index contributed by atoms with van der Waals surface area (Å²) >= 11 is 0. The average molecular weight is 228 g/mol. The molecule has 0 spiro atoms. The van der Waals surface area contributed by atoms with Crippen molar-refractivity contribution in [2.75, 3.05) is 26.7 Å². The summed E-state index contributed by atoms with van der Waals surface area (Å²) in [5.74, 6) is -0.997. The summed E-state index contributed by atoms with van der Waals surface area (Å²) in [7, 11) is 2.13. The molecule has 4 nitrogen and oxygen atoms in total. The highest BCUT2D eigenvalue weighted by atomic mass is 16.4. The Morgan fingerprint density at radius 1 is 1.38 bits per heavy atom. The first-order chi connectivity index (χ1) is 7.43. The lowest BCUT2D eigenvalue weighted by molar-refractivity contribution is -0.143. The van der Waals surface area contributed by atoms with Crippen LogP contribution in [0.2, 0.25) is 0 Å². The maximum atomic E-state index is 11.0. The van der Waals surface area contributed by atoms with Gasteiger partial charge in [0.1, 0.15) is 0 Å². The van der Waals surface area contributed by atoms with Crippen LogP contribution in [0.1, 0.15) is 27.2 Å². The number of carboxylic acids is 1. The van der Waals surface area contributed by atoms with E-state index in [-0.39, 0.29) is 12.0 Å². The van der Waals surface area contributed by atoms with Crippen LogP contribution in [0, 0.1) is 5.92 Å². The Balaban J connectivity index is 2.66. The number of hydrogen-bond acceptors (Lipinski definition) is 3. The molecular weight excluding hydrogens is 204 g/mol. The molecule has 0 aliphatic carbocycles. The molecule has 0 aromatic rings. The minimum atomic E-state index is -0.697. The maximum Gasteiger partial charge on any atom is 0.307 e. The lowest BCUT2D eigenvalue weighted by atomic mass is 10.0. The van der Waals surface area contributed by atoms with Gasteiger partial charge in [0.2, 0.25) is 0 Å². The third kappa shape index (κ3) is 3.19. The fourth-order valence-electron chi connectivity index (χ4n) is 2.49. The van der Waals surface area contributed by atoms with Gasteiger partial charge in [-0.25, -0.2) is 0 Å². The molecule has 1 N–H and O–H groups in total. The normalized spacial score (nSPS) is 28.4. The molecule has 0 saturated carbocycles. The van der Waals surface area contributed by atoms with E-state index >= 15 is 0 Å². The number of carboxylic acid groups (broad SMARTS) is 1. The van der Waals surface area contributed by atoms with Gasteiger partial charge in [-0.2, -0.15) is 0 Å². The van der Waals surface area contributed by atoms with Gasteiger partial charge in [0.05, 0.1) is 5.92 Å². The topological polar surface area (TPSA) is 43.8 Å². The lowest BCUT2D eigenvalue weighted by Crippen LogP contribution is -2.47. The number of aliphatic carboxylic acids is 1. The Labute approximate surface area is 98.2 Å². The zero-order valence-corrected chi connectivity index (χ0v) is 10.8. The van der Waals surface area contributed by atoms with Crippen molar-refractivity contribution in [3.05, 3.63) is 0 Å². The van der Waals surface area contributed by atoms with Crippen LogP contribution >= 0.6 is 0 Å². The Bertz CT molecular complexity index is 245. The Kier molecular flexibility index (Phi) is 4.74. The summed E-state index contributed by atoms with van der Waals surface area (Å²) in [4.78, 5) is 15.7. The molecule has 1 aliphatic rings. The van der Waals surface area contributed by atoms with Crippen molar-refractivity contribution in [1.82, 2.24) is 9.80 Å². The van der Waals surface area contributed by atoms with E-state index in [2.05, 4.69) is 23.8 Å². The molecule has 0 bridgehead atoms. The fraction of sp³-hybridized carbons (Fsp3) is 0.917. The minimum absolute atomic E-state index is 0.110. The predicted octanol–water partition coefficient (Wildman–Crippen LogP) is 1.12. The highest BCUT2D eigenvalue weighted by molar-refractivity contribution is 5.70. The largest absolute Gasteiger partial charge is 0.481 e. The van der Waals surface area contributed by atoms with Gasteiger partial charge in [-0.05, 0) is 40.4 Å². The van der Waals surface area contributed by atoms with Crippen molar-refractivity contribution in [3.63, 3.8) is 0 Å². The number of rotatable bonds is 3. The molecule has 1 rings (SSSR count). The molecule has 16 heavy (non-hydrogen) atoms. The van der Waals surface area contributed by atoms with E-state index in [0.717, 1.165) is 26.1 Å². The Morgan fingerprint density at radius 2 is 2.00 bits per heavy atom. The molecule has 1 heterocycles. The van der Waals surface area contributed by atoms with E-state index in [0.29, 0.717) is 6.04 Å². The van der Waals surface area contributed by atoms with Crippen LogP contribution in [0.15, 0.2) is 0 Å². The Morgan fingerprint density at radius 3 is 2.56 bits per heavy atom. The van der Waals surface area contributed by atoms with Crippen molar-refractivity contribution >= 4 is 5.97 Å². The van der Waals surface area contributed by atoms with E-state index in [1.165, 1.54) is 0 Å². The minimum Gasteiger partial charge on any atom is -0.481 e. The summed E-state index contributed by atoms with van der Waals surface area (Å²) in [6.07, 6.45) is 1.12. The summed E-state index contributed by atoms with van der Waals surface area (Å²) in [5.41, 5.74) is 0. The molecule has 0 aromatic heterocycles. The van der Waals surface area contributed by atoms with Crippen LogP contribution < -0.4 is 0 Å². The third-order valence-corrected chi connectivity index (χ3v) is 3.73. The maximum absolute atomic E-state index is 11.0. The van der Waals surface area contributed by atoms with Crippen molar-refractivity contribution in [2.45, 2.75) is 39.3 Å². The molecule has 3 unspecified atom stereocenters. The van der Waals surface area contributed by atoms with E-state index < -0.39 is 5.97 Å². The molecule has 1 saturated heterocycles. The zero-order valence-electron chi connectivity index (χ0n) is 10.8. The van der Waals surface area contributed by atoms with E-state index in [9.17, 15) is 4.79 Å². The van der Waals surface area contributed by atoms with Gasteiger partial charge in [-0.15, -0.1) is 0 Å². The van der Waals surface area contributed by atoms with Gasteiger partial charge in [-0.3, -0.25) is 9.69 Å². The summed E-state index contributed by atoms with van der Waals surface area (Å²) < 4.78 is 0. The van der Waals surface area contributed by atoms with Crippen LogP contribution in [0.5, 0.6) is 0 Å². The zero-order chi connectivity index (χ0) is 12.3. The average Bonchev–Trinajstić information content (AvgIpc) is 2.37. The number of likely N-dealkylation sites (N-methyl/N-ethyl adjacent to an activating group) is 1. The fourth-order valence-corrected chi connectivity index (χ4v) is 2.49. The van der Waals surface area contributed by atoms with Crippen molar-refractivity contribution in [1.29, 1.82) is 0 Å². The predicted molar refractivity (Wildman–Crippen MR) is 64.5 cm³/mol. The first-order valence-electron chi connectivity index (χ1n) is 6.10. The van der Waals surface area contributed by atoms with Gasteiger partial charge in [0, 0.05) is 18.6 Å². The van der Waals surface area contributed by atoms with Crippen LogP contribution in [-0.4, -0.2) is 59.6 Å². The third-order valence-electron chi connectivity index (χ3n) is 3.73. The second-order valence-corrected chi connectivity index (χ2v) is 5.07. The van der Waals surface area contributed by atoms with Crippen molar-refractivity contribution in [2.24, 2.45) is 5.92 Å². The monoisotopic (exact) mass is 228 g/mol. The van der Waals surface area contributed by atoms with Gasteiger partial charge in [-0.1, -0.05) is 6.92 Å². The van der Waals surface area contributed by atoms with Crippen LogP contribution in [0.3, 0.4) is 0 Å². The molecule has 0 aromatic carbocycles. The number of nitrogens with zero attached hydrogens (tertiary/aromatic N) is 2. The van der Waals surface area contributed by atoms with Crippen LogP contribution in [0.4, 0.5) is 0 Å². The number of carbonyl (C=O) groups is 1. The molecule has 3 atom stereocenters. The van der Waals surface area contributed by atoms with Gasteiger partial charge >= 0.3 is 5.97 Å². The van der Waals surface area contributed by atoms with Crippen LogP contribution in [-0.2, 0) is 4.79 Å².